The van der Waals surface area contributed by atoms with Crippen molar-refractivity contribution in [3.63, 3.8) is 0 Å². The van der Waals surface area contributed by atoms with Crippen LogP contribution in [-0.2, 0) is 0 Å². The van der Waals surface area contributed by atoms with E-state index in [4.69, 9.17) is 11.0 Å². The molecule has 2 N–H and O–H groups in total. The Morgan fingerprint density at radius 3 is 2.69 bits per heavy atom. The number of benzene rings is 1. The van der Waals surface area contributed by atoms with Gasteiger partial charge in [0.2, 0.25) is 0 Å². The van der Waals surface area contributed by atoms with Crippen molar-refractivity contribution in [3.05, 3.63) is 39.4 Å². The Balaban J connectivity index is 2.51. The predicted molar refractivity (Wildman–Crippen MR) is 66.5 cm³/mol. The number of nitriles is 1. The van der Waals surface area contributed by atoms with Crippen LogP contribution in [0.25, 0.3) is 10.4 Å². The molecule has 1 heterocycles. The van der Waals surface area contributed by atoms with Crippen molar-refractivity contribution in [3.8, 4) is 16.5 Å². The normalized spacial score (nSPS) is 10.1. The lowest BCUT2D eigenvalue weighted by Gasteiger charge is -1.98. The number of anilines is 1. The van der Waals surface area contributed by atoms with Gasteiger partial charge < -0.3 is 5.73 Å². The lowest BCUT2D eigenvalue weighted by molar-refractivity contribution is 0.621. The number of hydrogen-bond donors (Lipinski definition) is 1. The molecule has 0 aliphatic rings. The summed E-state index contributed by atoms with van der Waals surface area (Å²) in [5.74, 6) is -0.311. The number of hydrogen-bond acceptors (Lipinski definition) is 3. The highest BCUT2D eigenvalue weighted by Crippen LogP contribution is 2.34. The largest absolute Gasteiger partial charge is 0.397 e. The van der Waals surface area contributed by atoms with Gasteiger partial charge in [-0.1, -0.05) is 6.07 Å². The van der Waals surface area contributed by atoms with Gasteiger partial charge in [0.15, 0.2) is 0 Å². The van der Waals surface area contributed by atoms with Gasteiger partial charge in [-0.2, -0.15) is 5.26 Å². The van der Waals surface area contributed by atoms with Crippen LogP contribution in [0.3, 0.4) is 0 Å². The molecule has 1 aromatic heterocycles. The third-order valence-electron chi connectivity index (χ3n) is 2.07. The second-order valence-corrected chi connectivity index (χ2v) is 5.04. The molecule has 0 saturated heterocycles. The molecule has 0 bridgehead atoms. The fourth-order valence-corrected chi connectivity index (χ4v) is 2.54. The lowest BCUT2D eigenvalue weighted by Crippen LogP contribution is -1.82. The lowest BCUT2D eigenvalue weighted by atomic mass is 10.2. The molecule has 0 saturated carbocycles. The predicted octanol–water partition coefficient (Wildman–Crippen LogP) is 3.77. The molecule has 16 heavy (non-hydrogen) atoms. The van der Waals surface area contributed by atoms with Gasteiger partial charge in [-0.3, -0.25) is 0 Å². The Bertz CT molecular complexity index is 586. The Hall–Kier alpha value is -1.38. The fraction of sp³-hybridized carbons (Fsp3) is 0. The van der Waals surface area contributed by atoms with Crippen LogP contribution in [0.15, 0.2) is 28.7 Å². The van der Waals surface area contributed by atoms with Crippen molar-refractivity contribution in [2.75, 3.05) is 5.73 Å². The zero-order valence-electron chi connectivity index (χ0n) is 8.00. The number of nitrogens with zero attached hydrogens (tertiary/aromatic N) is 1. The highest BCUT2D eigenvalue weighted by atomic mass is 79.9. The fourth-order valence-electron chi connectivity index (χ4n) is 1.28. The Morgan fingerprint density at radius 2 is 2.12 bits per heavy atom. The molecule has 2 rings (SSSR count). The minimum absolute atomic E-state index is 0.311. The molecule has 2 nitrogen and oxygen atoms in total. The van der Waals surface area contributed by atoms with Gasteiger partial charge in [0.05, 0.1) is 10.2 Å². The molecule has 0 unspecified atom stereocenters. The van der Waals surface area contributed by atoms with Gasteiger partial charge in [-0.05, 0) is 39.7 Å². The van der Waals surface area contributed by atoms with Crippen LogP contribution in [0.4, 0.5) is 10.1 Å². The highest BCUT2D eigenvalue weighted by Gasteiger charge is 2.09. The van der Waals surface area contributed by atoms with E-state index in [1.807, 2.05) is 6.07 Å². The maximum absolute atomic E-state index is 13.0. The summed E-state index contributed by atoms with van der Waals surface area (Å²) in [6.45, 7) is 0. The van der Waals surface area contributed by atoms with Gasteiger partial charge in [-0.15, -0.1) is 11.3 Å². The van der Waals surface area contributed by atoms with E-state index in [2.05, 4.69) is 15.9 Å². The molecule has 1 aromatic carbocycles. The second kappa shape index (κ2) is 4.24. The van der Waals surface area contributed by atoms with Crippen molar-refractivity contribution in [1.82, 2.24) is 0 Å². The number of nitrogens with two attached hydrogens (primary N) is 1. The first-order valence-corrected chi connectivity index (χ1v) is 5.97. The first-order chi connectivity index (χ1) is 7.61. The third kappa shape index (κ3) is 1.94. The van der Waals surface area contributed by atoms with Crippen LogP contribution in [-0.4, -0.2) is 0 Å². The van der Waals surface area contributed by atoms with E-state index in [0.717, 1.165) is 10.4 Å². The maximum Gasteiger partial charge on any atom is 0.137 e. The van der Waals surface area contributed by atoms with Gasteiger partial charge in [0.1, 0.15) is 16.8 Å². The molecule has 5 heteroatoms. The topological polar surface area (TPSA) is 49.8 Å². The first-order valence-electron chi connectivity index (χ1n) is 4.36. The molecule has 2 aromatic rings. The van der Waals surface area contributed by atoms with Crippen molar-refractivity contribution >= 4 is 33.0 Å². The summed E-state index contributed by atoms with van der Waals surface area (Å²) in [6.07, 6.45) is 0. The molecular formula is C11H6BrFN2S. The zero-order valence-corrected chi connectivity index (χ0v) is 10.4. The van der Waals surface area contributed by atoms with Gasteiger partial charge in [0.25, 0.3) is 0 Å². The van der Waals surface area contributed by atoms with Crippen LogP contribution in [0.5, 0.6) is 0 Å². The Morgan fingerprint density at radius 1 is 1.38 bits per heavy atom. The summed E-state index contributed by atoms with van der Waals surface area (Å²) in [4.78, 5) is 1.34. The summed E-state index contributed by atoms with van der Waals surface area (Å²) >= 11 is 4.42. The maximum atomic E-state index is 13.0. The molecule has 0 aliphatic heterocycles. The van der Waals surface area contributed by atoms with Crippen LogP contribution in [0.1, 0.15) is 4.88 Å². The number of nitrogen functional groups attached to an aromatic ring is 1. The van der Waals surface area contributed by atoms with E-state index >= 15 is 0 Å². The SMILES string of the molecule is N#Cc1sc(-c2ccc(F)c(Br)c2)cc1N. The molecule has 0 aliphatic carbocycles. The van der Waals surface area contributed by atoms with Crippen molar-refractivity contribution in [2.45, 2.75) is 0 Å². The van der Waals surface area contributed by atoms with E-state index in [1.54, 1.807) is 18.2 Å². The summed E-state index contributed by atoms with van der Waals surface area (Å²) in [5.41, 5.74) is 6.96. The highest BCUT2D eigenvalue weighted by molar-refractivity contribution is 9.10. The van der Waals surface area contributed by atoms with Gasteiger partial charge in [0, 0.05) is 4.88 Å². The smallest absolute Gasteiger partial charge is 0.137 e. The summed E-state index contributed by atoms with van der Waals surface area (Å²) < 4.78 is 13.4. The van der Waals surface area contributed by atoms with Crippen LogP contribution in [0.2, 0.25) is 0 Å². The van der Waals surface area contributed by atoms with Crippen LogP contribution < -0.4 is 5.73 Å². The standard InChI is InChI=1S/C11H6BrFN2S/c12-7-3-6(1-2-8(7)13)10-4-9(15)11(5-14)16-10/h1-4H,15H2. The minimum atomic E-state index is -0.311. The Labute approximate surface area is 104 Å². The molecule has 0 atom stereocenters. The average Bonchev–Trinajstić information content (AvgIpc) is 2.64. The van der Waals surface area contributed by atoms with E-state index in [9.17, 15) is 4.39 Å². The van der Waals surface area contributed by atoms with E-state index < -0.39 is 0 Å². The van der Waals surface area contributed by atoms with Crippen LogP contribution in [0, 0.1) is 17.1 Å². The monoisotopic (exact) mass is 296 g/mol. The summed E-state index contributed by atoms with van der Waals surface area (Å²) in [5, 5.41) is 8.79. The molecule has 0 amide bonds. The molecule has 0 spiro atoms. The van der Waals surface area contributed by atoms with E-state index in [1.165, 1.54) is 17.4 Å². The quantitative estimate of drug-likeness (QED) is 0.871. The number of halogens is 2. The summed E-state index contributed by atoms with van der Waals surface area (Å²) in [7, 11) is 0. The summed E-state index contributed by atoms with van der Waals surface area (Å²) in [6, 6.07) is 8.45. The molecule has 0 radical (unpaired) electrons. The Kier molecular flexibility index (Phi) is 2.95. The van der Waals surface area contributed by atoms with Crippen molar-refractivity contribution in [2.24, 2.45) is 0 Å². The molecular weight excluding hydrogens is 291 g/mol. The minimum Gasteiger partial charge on any atom is -0.397 e. The third-order valence-corrected chi connectivity index (χ3v) is 3.78. The van der Waals surface area contributed by atoms with E-state index in [-0.39, 0.29) is 5.82 Å². The van der Waals surface area contributed by atoms with Crippen molar-refractivity contribution < 1.29 is 4.39 Å². The molecule has 80 valence electrons. The molecule has 0 fully saturated rings. The van der Waals surface area contributed by atoms with Crippen LogP contribution >= 0.6 is 27.3 Å². The number of rotatable bonds is 1. The van der Waals surface area contributed by atoms with Gasteiger partial charge >= 0.3 is 0 Å². The van der Waals surface area contributed by atoms with E-state index in [0.29, 0.717) is 15.0 Å². The number of thiophene rings is 1. The first kappa shape index (κ1) is 11.1. The van der Waals surface area contributed by atoms with Crippen molar-refractivity contribution in [1.29, 1.82) is 5.26 Å². The zero-order chi connectivity index (χ0) is 11.7. The second-order valence-electron chi connectivity index (χ2n) is 3.14. The van der Waals surface area contributed by atoms with Gasteiger partial charge in [-0.25, -0.2) is 4.39 Å². The average molecular weight is 297 g/mol.